The number of ether oxygens (including phenoxy) is 1. The van der Waals surface area contributed by atoms with Crippen LogP contribution in [0.25, 0.3) is 10.9 Å². The number of likely N-dealkylation sites (tertiary alicyclic amines) is 1. The zero-order chi connectivity index (χ0) is 22.8. The van der Waals surface area contributed by atoms with Gasteiger partial charge < -0.3 is 15.4 Å². The second kappa shape index (κ2) is 8.55. The Bertz CT molecular complexity index is 1300. The number of carbonyl (C=O) groups is 2. The van der Waals surface area contributed by atoms with Gasteiger partial charge in [-0.25, -0.2) is 4.98 Å². The van der Waals surface area contributed by atoms with Gasteiger partial charge in [0, 0.05) is 30.4 Å². The summed E-state index contributed by atoms with van der Waals surface area (Å²) in [4.78, 5) is 29.8. The average molecular weight is 429 g/mol. The second-order valence-electron chi connectivity index (χ2n) is 7.57. The molecule has 3 heterocycles. The van der Waals surface area contributed by atoms with Crippen LogP contribution in [0.4, 0.5) is 5.82 Å². The van der Waals surface area contributed by atoms with Gasteiger partial charge in [0.15, 0.2) is 5.78 Å². The molecule has 162 valence electrons. The lowest BCUT2D eigenvalue weighted by atomic mass is 10.1. The first-order chi connectivity index (χ1) is 15.4. The van der Waals surface area contributed by atoms with Gasteiger partial charge in [-0.2, -0.15) is 5.10 Å². The van der Waals surface area contributed by atoms with Crippen molar-refractivity contribution < 1.29 is 14.3 Å². The molecule has 32 heavy (non-hydrogen) atoms. The summed E-state index contributed by atoms with van der Waals surface area (Å²) in [5.41, 5.74) is 8.62. The summed E-state index contributed by atoms with van der Waals surface area (Å²) in [7, 11) is 1.54. The highest BCUT2D eigenvalue weighted by atomic mass is 16.5. The van der Waals surface area contributed by atoms with Crippen molar-refractivity contribution in [1.82, 2.24) is 19.7 Å². The van der Waals surface area contributed by atoms with Gasteiger partial charge in [-0.3, -0.25) is 14.3 Å². The van der Waals surface area contributed by atoms with Crippen LogP contribution in [0, 0.1) is 11.8 Å². The van der Waals surface area contributed by atoms with E-state index < -0.39 is 0 Å². The molecule has 1 aromatic carbocycles. The lowest BCUT2D eigenvalue weighted by Gasteiger charge is -2.15. The minimum Gasteiger partial charge on any atom is -0.497 e. The van der Waals surface area contributed by atoms with E-state index in [0.29, 0.717) is 46.9 Å². The molecule has 1 atom stereocenters. The summed E-state index contributed by atoms with van der Waals surface area (Å²) in [6, 6.07) is 7.00. The van der Waals surface area contributed by atoms with Crippen molar-refractivity contribution in [2.75, 3.05) is 25.9 Å². The van der Waals surface area contributed by atoms with E-state index in [1.54, 1.807) is 36.4 Å². The summed E-state index contributed by atoms with van der Waals surface area (Å²) in [6.07, 6.45) is 3.73. The van der Waals surface area contributed by atoms with E-state index in [0.717, 1.165) is 11.9 Å². The molecule has 0 saturated carbocycles. The zero-order valence-electron chi connectivity index (χ0n) is 18.0. The highest BCUT2D eigenvalue weighted by Crippen LogP contribution is 2.29. The second-order valence-corrected chi connectivity index (χ2v) is 7.57. The van der Waals surface area contributed by atoms with Crippen LogP contribution in [0.1, 0.15) is 41.0 Å². The molecule has 3 aromatic rings. The quantitative estimate of drug-likeness (QED) is 0.388. The standard InChI is InChI=1S/C24H23N5O3/c1-4-22(31)28-10-8-18(14-28)29-21-7-9-26-24(25)23(21)20(27-29)6-5-16-11-17(15(2)30)13-19(12-16)32-3/h4,7,9,11-13,18H,1,8,10,14H2,2-3H3,(H2,25,26)/t18-/m0/s1. The molecule has 2 aromatic heterocycles. The number of hydrogen-bond acceptors (Lipinski definition) is 6. The van der Waals surface area contributed by atoms with E-state index >= 15 is 0 Å². The Balaban J connectivity index is 1.76. The first-order valence-electron chi connectivity index (χ1n) is 10.2. The van der Waals surface area contributed by atoms with Crippen LogP contribution in [0.3, 0.4) is 0 Å². The fraction of sp³-hybridized carbons (Fsp3) is 0.250. The van der Waals surface area contributed by atoms with E-state index in [9.17, 15) is 9.59 Å². The van der Waals surface area contributed by atoms with Gasteiger partial charge in [0.2, 0.25) is 5.91 Å². The Hall–Kier alpha value is -4.12. The molecule has 1 amide bonds. The fourth-order valence-corrected chi connectivity index (χ4v) is 3.87. The summed E-state index contributed by atoms with van der Waals surface area (Å²) in [5.74, 6) is 6.88. The number of anilines is 1. The van der Waals surface area contributed by atoms with E-state index in [1.807, 2.05) is 10.7 Å². The molecule has 0 radical (unpaired) electrons. The van der Waals surface area contributed by atoms with Gasteiger partial charge in [-0.15, -0.1) is 0 Å². The molecule has 0 aliphatic carbocycles. The van der Waals surface area contributed by atoms with Crippen molar-refractivity contribution in [3.63, 3.8) is 0 Å². The lowest BCUT2D eigenvalue weighted by Crippen LogP contribution is -2.27. The first-order valence-corrected chi connectivity index (χ1v) is 10.2. The van der Waals surface area contributed by atoms with Gasteiger partial charge in [0.1, 0.15) is 17.3 Å². The van der Waals surface area contributed by atoms with Gasteiger partial charge in [-0.1, -0.05) is 12.5 Å². The number of amides is 1. The molecule has 1 aliphatic heterocycles. The highest BCUT2D eigenvalue weighted by molar-refractivity contribution is 5.95. The topological polar surface area (TPSA) is 103 Å². The molecule has 1 aliphatic rings. The summed E-state index contributed by atoms with van der Waals surface area (Å²) < 4.78 is 7.16. The van der Waals surface area contributed by atoms with Crippen molar-refractivity contribution in [1.29, 1.82) is 0 Å². The fourth-order valence-electron chi connectivity index (χ4n) is 3.87. The van der Waals surface area contributed by atoms with Gasteiger partial charge in [-0.05, 0) is 49.6 Å². The third-order valence-electron chi connectivity index (χ3n) is 5.52. The Labute approximate surface area is 185 Å². The van der Waals surface area contributed by atoms with Crippen LogP contribution in [0.2, 0.25) is 0 Å². The predicted octanol–water partition coefficient (Wildman–Crippen LogP) is 2.58. The number of pyridine rings is 1. The number of nitrogens with zero attached hydrogens (tertiary/aromatic N) is 4. The molecule has 1 saturated heterocycles. The van der Waals surface area contributed by atoms with Crippen LogP contribution >= 0.6 is 0 Å². The monoisotopic (exact) mass is 429 g/mol. The number of fused-ring (bicyclic) bond motifs is 1. The Morgan fingerprint density at radius 3 is 2.84 bits per heavy atom. The third kappa shape index (κ3) is 3.93. The minimum absolute atomic E-state index is 0.000107. The molecule has 2 N–H and O–H groups in total. The minimum atomic E-state index is -0.0931. The molecule has 0 bridgehead atoms. The summed E-state index contributed by atoms with van der Waals surface area (Å²) >= 11 is 0. The number of nitrogens with two attached hydrogens (primary N) is 1. The maximum atomic E-state index is 12.0. The van der Waals surface area contributed by atoms with Gasteiger partial charge >= 0.3 is 0 Å². The molecule has 0 spiro atoms. The third-order valence-corrected chi connectivity index (χ3v) is 5.52. The molecule has 1 fully saturated rings. The van der Waals surface area contributed by atoms with Crippen LogP contribution < -0.4 is 10.5 Å². The summed E-state index contributed by atoms with van der Waals surface area (Å²) in [6.45, 7) is 6.23. The number of carbonyl (C=O) groups excluding carboxylic acids is 2. The number of nitrogen functional groups attached to an aromatic ring is 1. The summed E-state index contributed by atoms with van der Waals surface area (Å²) in [5, 5.41) is 5.40. The van der Waals surface area contributed by atoms with E-state index in [1.165, 1.54) is 13.0 Å². The molecule has 0 unspecified atom stereocenters. The number of methoxy groups -OCH3 is 1. The van der Waals surface area contributed by atoms with E-state index in [-0.39, 0.29) is 17.7 Å². The number of Topliss-reactive ketones (excluding diaryl/α,β-unsaturated/α-hetero) is 1. The Morgan fingerprint density at radius 2 is 2.12 bits per heavy atom. The molecule has 8 nitrogen and oxygen atoms in total. The van der Waals surface area contributed by atoms with E-state index in [4.69, 9.17) is 15.6 Å². The first kappa shape index (κ1) is 21.1. The van der Waals surface area contributed by atoms with E-state index in [2.05, 4.69) is 23.4 Å². The van der Waals surface area contributed by atoms with Crippen molar-refractivity contribution in [2.24, 2.45) is 0 Å². The molecule has 8 heteroatoms. The zero-order valence-corrected chi connectivity index (χ0v) is 18.0. The van der Waals surface area contributed by atoms with Crippen LogP contribution in [-0.2, 0) is 4.79 Å². The van der Waals surface area contributed by atoms with Crippen molar-refractivity contribution >= 4 is 28.4 Å². The van der Waals surface area contributed by atoms with Gasteiger partial charge in [0.05, 0.1) is 24.1 Å². The lowest BCUT2D eigenvalue weighted by molar-refractivity contribution is -0.125. The number of rotatable bonds is 4. The maximum Gasteiger partial charge on any atom is 0.246 e. The van der Waals surface area contributed by atoms with Gasteiger partial charge in [0.25, 0.3) is 0 Å². The van der Waals surface area contributed by atoms with Crippen LogP contribution in [-0.4, -0.2) is 51.6 Å². The van der Waals surface area contributed by atoms with Crippen molar-refractivity contribution in [2.45, 2.75) is 19.4 Å². The smallest absolute Gasteiger partial charge is 0.246 e. The highest BCUT2D eigenvalue weighted by Gasteiger charge is 2.28. The number of ketones is 1. The normalized spacial score (nSPS) is 15.3. The number of benzene rings is 1. The number of aromatic nitrogens is 3. The van der Waals surface area contributed by atoms with Crippen molar-refractivity contribution in [3.8, 4) is 17.6 Å². The largest absolute Gasteiger partial charge is 0.497 e. The molecular formula is C24H23N5O3. The average Bonchev–Trinajstić information content (AvgIpc) is 3.42. The number of hydrogen-bond donors (Lipinski definition) is 1. The predicted molar refractivity (Wildman–Crippen MR) is 121 cm³/mol. The SMILES string of the molecule is C=CC(=O)N1CC[C@H](n2nc(C#Cc3cc(OC)cc(C(C)=O)c3)c3c(N)nccc32)C1. The molecular weight excluding hydrogens is 406 g/mol. The Morgan fingerprint density at radius 1 is 1.31 bits per heavy atom. The van der Waals surface area contributed by atoms with Crippen molar-refractivity contribution in [3.05, 3.63) is 59.9 Å². The van der Waals surface area contributed by atoms with Crippen LogP contribution in [0.15, 0.2) is 43.1 Å². The van der Waals surface area contributed by atoms with Crippen LogP contribution in [0.5, 0.6) is 5.75 Å². The maximum absolute atomic E-state index is 12.0. The molecule has 4 rings (SSSR count). The Kier molecular flexibility index (Phi) is 5.65.